The van der Waals surface area contributed by atoms with Gasteiger partial charge in [-0.2, -0.15) is 0 Å². The van der Waals surface area contributed by atoms with Gasteiger partial charge in [-0.05, 0) is 18.8 Å². The van der Waals surface area contributed by atoms with E-state index in [4.69, 9.17) is 0 Å². The maximum Gasteiger partial charge on any atom is 0.144 e. The van der Waals surface area contributed by atoms with Gasteiger partial charge >= 0.3 is 0 Å². The van der Waals surface area contributed by atoms with Crippen LogP contribution in [0.2, 0.25) is 0 Å². The second-order valence-electron chi connectivity index (χ2n) is 4.02. The molecule has 1 aliphatic carbocycles. The summed E-state index contributed by atoms with van der Waals surface area (Å²) < 4.78 is 0. The maximum absolute atomic E-state index is 4.22. The molecule has 3 nitrogen and oxygen atoms in total. The molecular formula is C11H17N3. The van der Waals surface area contributed by atoms with Crippen molar-refractivity contribution in [1.82, 2.24) is 9.97 Å². The van der Waals surface area contributed by atoms with Crippen LogP contribution in [0.1, 0.15) is 32.6 Å². The fourth-order valence-corrected chi connectivity index (χ4v) is 1.67. The summed E-state index contributed by atoms with van der Waals surface area (Å²) in [6, 6.07) is 0.569. The van der Waals surface area contributed by atoms with Crippen LogP contribution in [-0.4, -0.2) is 16.0 Å². The van der Waals surface area contributed by atoms with Gasteiger partial charge in [-0.25, -0.2) is 4.98 Å². The first-order valence-corrected chi connectivity index (χ1v) is 5.41. The average Bonchev–Trinajstić information content (AvgIpc) is 3.02. The topological polar surface area (TPSA) is 37.8 Å². The lowest BCUT2D eigenvalue weighted by Crippen LogP contribution is -2.19. The Morgan fingerprint density at radius 3 is 2.93 bits per heavy atom. The average molecular weight is 191 g/mol. The van der Waals surface area contributed by atoms with Gasteiger partial charge in [-0.3, -0.25) is 4.98 Å². The lowest BCUT2D eigenvalue weighted by Gasteiger charge is -2.16. The Bertz CT molecular complexity index is 269. The van der Waals surface area contributed by atoms with E-state index in [-0.39, 0.29) is 0 Å². The SMILES string of the molecule is CCC(CC1CC1)Nc1cnccn1. The number of hydrogen-bond donors (Lipinski definition) is 1. The molecule has 1 unspecified atom stereocenters. The summed E-state index contributed by atoms with van der Waals surface area (Å²) in [4.78, 5) is 8.26. The molecule has 3 heteroatoms. The normalized spacial score (nSPS) is 17.8. The van der Waals surface area contributed by atoms with Gasteiger partial charge < -0.3 is 5.32 Å². The summed E-state index contributed by atoms with van der Waals surface area (Å²) in [5.74, 6) is 1.86. The summed E-state index contributed by atoms with van der Waals surface area (Å²) in [7, 11) is 0. The molecule has 1 aliphatic rings. The van der Waals surface area contributed by atoms with Crippen LogP contribution in [-0.2, 0) is 0 Å². The minimum atomic E-state index is 0.569. The molecule has 0 bridgehead atoms. The molecule has 1 fully saturated rings. The lowest BCUT2D eigenvalue weighted by atomic mass is 10.1. The number of aromatic nitrogens is 2. The Morgan fingerprint density at radius 1 is 1.50 bits per heavy atom. The van der Waals surface area contributed by atoms with Crippen molar-refractivity contribution in [3.8, 4) is 0 Å². The molecule has 1 aromatic rings. The van der Waals surface area contributed by atoms with Crippen LogP contribution in [0.25, 0.3) is 0 Å². The molecule has 0 aromatic carbocycles. The van der Waals surface area contributed by atoms with Gasteiger partial charge in [0.05, 0.1) is 6.20 Å². The number of nitrogens with one attached hydrogen (secondary N) is 1. The molecule has 76 valence electrons. The molecule has 0 spiro atoms. The van der Waals surface area contributed by atoms with Crippen LogP contribution >= 0.6 is 0 Å². The van der Waals surface area contributed by atoms with Gasteiger partial charge in [0.25, 0.3) is 0 Å². The van der Waals surface area contributed by atoms with E-state index >= 15 is 0 Å². The second-order valence-corrected chi connectivity index (χ2v) is 4.02. The minimum Gasteiger partial charge on any atom is -0.366 e. The van der Waals surface area contributed by atoms with Crippen molar-refractivity contribution in [3.63, 3.8) is 0 Å². The van der Waals surface area contributed by atoms with E-state index in [1.54, 1.807) is 18.6 Å². The summed E-state index contributed by atoms with van der Waals surface area (Å²) >= 11 is 0. The van der Waals surface area contributed by atoms with Crippen LogP contribution in [0, 0.1) is 5.92 Å². The molecular weight excluding hydrogens is 174 g/mol. The predicted octanol–water partition coefficient (Wildman–Crippen LogP) is 2.47. The van der Waals surface area contributed by atoms with Crippen molar-refractivity contribution >= 4 is 5.82 Å². The van der Waals surface area contributed by atoms with Crippen LogP contribution in [0.4, 0.5) is 5.82 Å². The zero-order valence-electron chi connectivity index (χ0n) is 8.61. The third-order valence-electron chi connectivity index (χ3n) is 2.72. The van der Waals surface area contributed by atoms with Crippen LogP contribution < -0.4 is 5.32 Å². The van der Waals surface area contributed by atoms with Gasteiger partial charge in [-0.1, -0.05) is 19.8 Å². The highest BCUT2D eigenvalue weighted by Crippen LogP contribution is 2.34. The first kappa shape index (κ1) is 9.44. The van der Waals surface area contributed by atoms with Crippen molar-refractivity contribution in [2.24, 2.45) is 5.92 Å². The second kappa shape index (κ2) is 4.40. The third kappa shape index (κ3) is 2.69. The predicted molar refractivity (Wildman–Crippen MR) is 57.1 cm³/mol. The molecule has 1 aromatic heterocycles. The molecule has 0 saturated heterocycles. The van der Waals surface area contributed by atoms with E-state index in [2.05, 4.69) is 22.2 Å². The number of nitrogens with zero attached hydrogens (tertiary/aromatic N) is 2. The highest BCUT2D eigenvalue weighted by atomic mass is 15.0. The first-order valence-electron chi connectivity index (χ1n) is 5.41. The maximum atomic E-state index is 4.22. The first-order chi connectivity index (χ1) is 6.88. The Kier molecular flexibility index (Phi) is 2.96. The summed E-state index contributed by atoms with van der Waals surface area (Å²) in [6.07, 6.45) is 10.5. The van der Waals surface area contributed by atoms with Crippen LogP contribution in [0.3, 0.4) is 0 Å². The monoisotopic (exact) mass is 191 g/mol. The summed E-state index contributed by atoms with van der Waals surface area (Å²) in [5.41, 5.74) is 0. The van der Waals surface area contributed by atoms with E-state index in [0.29, 0.717) is 6.04 Å². The van der Waals surface area contributed by atoms with E-state index in [0.717, 1.165) is 18.2 Å². The zero-order valence-corrected chi connectivity index (χ0v) is 8.61. The summed E-state index contributed by atoms with van der Waals surface area (Å²) in [5, 5.41) is 3.43. The van der Waals surface area contributed by atoms with Crippen molar-refractivity contribution in [1.29, 1.82) is 0 Å². The van der Waals surface area contributed by atoms with Crippen LogP contribution in [0.5, 0.6) is 0 Å². The number of anilines is 1. The largest absolute Gasteiger partial charge is 0.366 e. The van der Waals surface area contributed by atoms with E-state index in [1.807, 2.05) is 0 Å². The van der Waals surface area contributed by atoms with Gasteiger partial charge in [0.2, 0.25) is 0 Å². The van der Waals surface area contributed by atoms with Crippen molar-refractivity contribution in [2.45, 2.75) is 38.6 Å². The standard InChI is InChI=1S/C11H17N3/c1-2-10(7-9-3-4-9)14-11-8-12-5-6-13-11/h5-6,8-10H,2-4,7H2,1H3,(H,13,14). The van der Waals surface area contributed by atoms with Crippen LogP contribution in [0.15, 0.2) is 18.6 Å². The highest BCUT2D eigenvalue weighted by Gasteiger charge is 2.24. The third-order valence-corrected chi connectivity index (χ3v) is 2.72. The fraction of sp³-hybridized carbons (Fsp3) is 0.636. The molecule has 1 atom stereocenters. The molecule has 2 rings (SSSR count). The van der Waals surface area contributed by atoms with Gasteiger partial charge in [-0.15, -0.1) is 0 Å². The van der Waals surface area contributed by atoms with Gasteiger partial charge in [0.1, 0.15) is 5.82 Å². The Balaban J connectivity index is 1.87. The molecule has 1 saturated carbocycles. The van der Waals surface area contributed by atoms with Gasteiger partial charge in [0.15, 0.2) is 0 Å². The summed E-state index contributed by atoms with van der Waals surface area (Å²) in [6.45, 7) is 2.22. The smallest absolute Gasteiger partial charge is 0.144 e. The molecule has 14 heavy (non-hydrogen) atoms. The Morgan fingerprint density at radius 2 is 2.36 bits per heavy atom. The molecule has 0 radical (unpaired) electrons. The molecule has 1 heterocycles. The lowest BCUT2D eigenvalue weighted by molar-refractivity contribution is 0.585. The Hall–Kier alpha value is -1.12. The fourth-order valence-electron chi connectivity index (χ4n) is 1.67. The molecule has 0 amide bonds. The number of rotatable bonds is 5. The minimum absolute atomic E-state index is 0.569. The quantitative estimate of drug-likeness (QED) is 0.777. The zero-order chi connectivity index (χ0) is 9.80. The highest BCUT2D eigenvalue weighted by molar-refractivity contribution is 5.31. The number of hydrogen-bond acceptors (Lipinski definition) is 3. The van der Waals surface area contributed by atoms with E-state index in [9.17, 15) is 0 Å². The van der Waals surface area contributed by atoms with Gasteiger partial charge in [0, 0.05) is 18.4 Å². The van der Waals surface area contributed by atoms with E-state index < -0.39 is 0 Å². The van der Waals surface area contributed by atoms with Crippen molar-refractivity contribution in [3.05, 3.63) is 18.6 Å². The molecule has 0 aliphatic heterocycles. The molecule has 1 N–H and O–H groups in total. The van der Waals surface area contributed by atoms with Crippen molar-refractivity contribution < 1.29 is 0 Å². The van der Waals surface area contributed by atoms with Crippen molar-refractivity contribution in [2.75, 3.05) is 5.32 Å². The Labute approximate surface area is 85.0 Å². The van der Waals surface area contributed by atoms with E-state index in [1.165, 1.54) is 19.3 Å².